The largest absolute Gasteiger partial charge is 0.417 e. The molecule has 2 aliphatic rings. The van der Waals surface area contributed by atoms with Crippen molar-refractivity contribution < 1.29 is 31.5 Å². The smallest absolute Gasteiger partial charge is 0.351 e. The number of amides is 1. The number of aryl methyl sites for hydroxylation is 1. The molecule has 0 saturated carbocycles. The van der Waals surface area contributed by atoms with Gasteiger partial charge in [-0.15, -0.1) is 11.8 Å². The zero-order chi connectivity index (χ0) is 29.6. The molecule has 0 spiro atoms. The summed E-state index contributed by atoms with van der Waals surface area (Å²) in [7, 11) is 0. The van der Waals surface area contributed by atoms with Gasteiger partial charge >= 0.3 is 11.9 Å². The molecule has 1 amide bonds. The molecule has 1 saturated heterocycles. The van der Waals surface area contributed by atoms with Gasteiger partial charge in [-0.05, 0) is 42.9 Å². The maximum atomic E-state index is 15.0. The van der Waals surface area contributed by atoms with Gasteiger partial charge in [-0.25, -0.2) is 13.6 Å². The molecule has 13 heteroatoms. The summed E-state index contributed by atoms with van der Waals surface area (Å²) in [5, 5.41) is 0.00981. The van der Waals surface area contributed by atoms with E-state index in [-0.39, 0.29) is 41.3 Å². The van der Waals surface area contributed by atoms with E-state index < -0.39 is 58.2 Å². The molecule has 0 aliphatic carbocycles. The lowest BCUT2D eigenvalue weighted by molar-refractivity contribution is -0.137. The van der Waals surface area contributed by atoms with Crippen LogP contribution in [0.5, 0.6) is 0 Å². The average molecular weight is 593 g/mol. The number of nitrogens with zero attached hydrogens (tertiary/aromatic N) is 4. The van der Waals surface area contributed by atoms with Crippen LogP contribution >= 0.6 is 11.8 Å². The van der Waals surface area contributed by atoms with Crippen LogP contribution in [0.3, 0.4) is 0 Å². The molecule has 1 aromatic heterocycles. The lowest BCUT2D eigenvalue weighted by Crippen LogP contribution is -2.61. The van der Waals surface area contributed by atoms with E-state index >= 15 is 4.39 Å². The zero-order valence-electron chi connectivity index (χ0n) is 21.9. The first-order chi connectivity index (χ1) is 19.5. The SMILES string of the molecule is C=CC(=O)N1C(C=O)CN(c2nc(=O)n3c4c(c(-c5ccc(F)cc5F)c(C(F)(F)F)cc24)SCCC3)CC1CC. The highest BCUT2D eigenvalue weighted by Crippen LogP contribution is 2.48. The van der Waals surface area contributed by atoms with Crippen molar-refractivity contribution in [3.8, 4) is 11.1 Å². The van der Waals surface area contributed by atoms with Crippen LogP contribution in [0, 0.1) is 11.6 Å². The molecule has 1 fully saturated rings. The Morgan fingerprint density at radius 1 is 1.22 bits per heavy atom. The van der Waals surface area contributed by atoms with E-state index in [1.54, 1.807) is 11.8 Å². The number of rotatable bonds is 5. The van der Waals surface area contributed by atoms with Gasteiger partial charge in [-0.2, -0.15) is 18.2 Å². The van der Waals surface area contributed by atoms with E-state index in [1.807, 2.05) is 0 Å². The molecule has 41 heavy (non-hydrogen) atoms. The van der Waals surface area contributed by atoms with Crippen molar-refractivity contribution >= 4 is 40.7 Å². The van der Waals surface area contributed by atoms with E-state index in [4.69, 9.17) is 0 Å². The van der Waals surface area contributed by atoms with Gasteiger partial charge in [0.1, 0.15) is 29.8 Å². The Kier molecular flexibility index (Phi) is 7.66. The Bertz CT molecular complexity index is 1620. The molecule has 0 N–H and O–H groups in total. The molecule has 2 unspecified atom stereocenters. The van der Waals surface area contributed by atoms with E-state index in [0.717, 1.165) is 36.0 Å². The average Bonchev–Trinajstić information content (AvgIpc) is 3.17. The normalized spacial score (nSPS) is 19.3. The third-order valence-corrected chi connectivity index (χ3v) is 8.60. The quantitative estimate of drug-likeness (QED) is 0.235. The van der Waals surface area contributed by atoms with Gasteiger partial charge < -0.3 is 14.6 Å². The van der Waals surface area contributed by atoms with Crippen molar-refractivity contribution in [3.05, 3.63) is 64.6 Å². The minimum atomic E-state index is -4.95. The molecule has 3 aromatic rings. The summed E-state index contributed by atoms with van der Waals surface area (Å²) in [6.45, 7) is 5.46. The van der Waals surface area contributed by atoms with Gasteiger partial charge in [0.15, 0.2) is 0 Å². The first kappa shape index (κ1) is 28.8. The number of hydrogen-bond donors (Lipinski definition) is 0. The summed E-state index contributed by atoms with van der Waals surface area (Å²) in [6, 6.07) is 1.74. The molecule has 216 valence electrons. The second-order valence-electron chi connectivity index (χ2n) is 9.84. The molecular weight excluding hydrogens is 567 g/mol. The van der Waals surface area contributed by atoms with Crippen LogP contribution in [0.2, 0.25) is 0 Å². The highest BCUT2D eigenvalue weighted by molar-refractivity contribution is 7.99. The molecule has 5 rings (SSSR count). The number of carbonyl (C=O) groups is 2. The van der Waals surface area contributed by atoms with Crippen LogP contribution in [0.1, 0.15) is 25.3 Å². The van der Waals surface area contributed by atoms with Gasteiger partial charge in [-0.1, -0.05) is 13.5 Å². The van der Waals surface area contributed by atoms with Crippen molar-refractivity contribution in [2.45, 2.75) is 49.5 Å². The Labute approximate surface area is 235 Å². The molecule has 2 aliphatic heterocycles. The second kappa shape index (κ2) is 10.9. The van der Waals surface area contributed by atoms with Crippen LogP contribution < -0.4 is 10.6 Å². The van der Waals surface area contributed by atoms with Gasteiger partial charge in [0.25, 0.3) is 0 Å². The Morgan fingerprint density at radius 3 is 2.61 bits per heavy atom. The number of halogens is 5. The van der Waals surface area contributed by atoms with Crippen molar-refractivity contribution in [2.24, 2.45) is 0 Å². The molecule has 3 heterocycles. The molecule has 0 bridgehead atoms. The number of piperazine rings is 1. The lowest BCUT2D eigenvalue weighted by atomic mass is 9.95. The van der Waals surface area contributed by atoms with Crippen molar-refractivity contribution in [1.82, 2.24) is 14.5 Å². The van der Waals surface area contributed by atoms with Gasteiger partial charge in [0, 0.05) is 47.1 Å². The van der Waals surface area contributed by atoms with E-state index in [9.17, 15) is 31.9 Å². The van der Waals surface area contributed by atoms with E-state index in [2.05, 4.69) is 11.6 Å². The van der Waals surface area contributed by atoms with Crippen molar-refractivity contribution in [1.29, 1.82) is 0 Å². The second-order valence-corrected chi connectivity index (χ2v) is 10.9. The molecule has 2 aromatic carbocycles. The number of aromatic nitrogens is 2. The molecule has 7 nitrogen and oxygen atoms in total. The van der Waals surface area contributed by atoms with Gasteiger partial charge in [0.2, 0.25) is 5.91 Å². The predicted octanol–water partition coefficient (Wildman–Crippen LogP) is 5.04. The standard InChI is InChI=1S/C28H25F5N4O3S/c1-3-16-12-35(13-17(14-38)37(16)22(39)4-2)26-19-11-20(28(31,32)33)23(18-7-6-15(29)10-21(18)30)25-24(19)36(27(40)34-26)8-5-9-41-25/h4,6-7,10-11,14,16-17H,2-3,5,8-9,12-13H2,1H3. The summed E-state index contributed by atoms with van der Waals surface area (Å²) >= 11 is 1.06. The fourth-order valence-corrected chi connectivity index (χ4v) is 6.82. The Balaban J connectivity index is 1.83. The minimum Gasteiger partial charge on any atom is -0.351 e. The topological polar surface area (TPSA) is 75.5 Å². The molecule has 0 radical (unpaired) electrons. The van der Waals surface area contributed by atoms with Crippen LogP contribution in [0.4, 0.5) is 27.8 Å². The Morgan fingerprint density at radius 2 is 1.98 bits per heavy atom. The van der Waals surface area contributed by atoms with E-state index in [1.165, 1.54) is 9.47 Å². The predicted molar refractivity (Wildman–Crippen MR) is 145 cm³/mol. The van der Waals surface area contributed by atoms with Crippen LogP contribution in [-0.4, -0.2) is 57.6 Å². The van der Waals surface area contributed by atoms with Crippen molar-refractivity contribution in [3.63, 3.8) is 0 Å². The third-order valence-electron chi connectivity index (χ3n) is 7.42. The fourth-order valence-electron chi connectivity index (χ4n) is 5.62. The number of anilines is 1. The van der Waals surface area contributed by atoms with Crippen LogP contribution in [0.15, 0.2) is 46.6 Å². The molecule has 2 atom stereocenters. The highest BCUT2D eigenvalue weighted by atomic mass is 32.2. The fraction of sp³-hybridized carbons (Fsp3) is 0.357. The summed E-state index contributed by atoms with van der Waals surface area (Å²) in [5.74, 6) is -2.28. The van der Waals surface area contributed by atoms with Gasteiger partial charge in [0.05, 0.1) is 17.1 Å². The highest BCUT2D eigenvalue weighted by Gasteiger charge is 2.40. The van der Waals surface area contributed by atoms with Crippen LogP contribution in [0.25, 0.3) is 22.0 Å². The number of aldehydes is 1. The zero-order valence-corrected chi connectivity index (χ0v) is 22.7. The minimum absolute atomic E-state index is 0.00981. The summed E-state index contributed by atoms with van der Waals surface area (Å²) in [6.07, 6.45) is -2.42. The first-order valence-corrected chi connectivity index (χ1v) is 13.9. The molecular formula is C28H25F5N4O3S. The number of alkyl halides is 3. The lowest BCUT2D eigenvalue weighted by Gasteiger charge is -2.45. The third kappa shape index (κ3) is 5.00. The summed E-state index contributed by atoms with van der Waals surface area (Å²) in [5.41, 5.74) is -2.62. The summed E-state index contributed by atoms with van der Waals surface area (Å²) < 4.78 is 74.0. The van der Waals surface area contributed by atoms with E-state index in [0.29, 0.717) is 30.9 Å². The number of hydrogen-bond acceptors (Lipinski definition) is 6. The number of thioether (sulfide) groups is 1. The maximum Gasteiger partial charge on any atom is 0.417 e. The number of benzene rings is 2. The number of carbonyl (C=O) groups excluding carboxylic acids is 2. The van der Waals surface area contributed by atoms with Crippen LogP contribution in [-0.2, 0) is 22.3 Å². The van der Waals surface area contributed by atoms with Gasteiger partial charge in [-0.3, -0.25) is 9.36 Å². The first-order valence-electron chi connectivity index (χ1n) is 12.9. The monoisotopic (exact) mass is 592 g/mol. The van der Waals surface area contributed by atoms with Crippen molar-refractivity contribution in [2.75, 3.05) is 23.7 Å². The summed E-state index contributed by atoms with van der Waals surface area (Å²) in [4.78, 5) is 45.1. The Hall–Kier alpha value is -3.74. The maximum absolute atomic E-state index is 15.0.